The van der Waals surface area contributed by atoms with Gasteiger partial charge in [0.05, 0.1) is 17.9 Å². The second-order valence-corrected chi connectivity index (χ2v) is 10.3. The summed E-state index contributed by atoms with van der Waals surface area (Å²) in [7, 11) is -4.41. The minimum atomic E-state index is -4.41. The number of carbonyl (C=O) groups excluding carboxylic acids is 1. The molecular formula is C24H47NO6S. The van der Waals surface area contributed by atoms with Gasteiger partial charge in [-0.1, -0.05) is 103 Å². The van der Waals surface area contributed by atoms with Crippen molar-refractivity contribution >= 4 is 16.0 Å². The molecule has 0 aromatic heterocycles. The standard InChI is InChI=1S/C24H47NO6S/c1-3-5-7-9-11-13-15-17-19-23(27)24(28)25-21(20-32(29,30)31)22(26)18-16-14-12-10-8-6-4-2/h16,18,21-23,26-27H,3-15,17,19-20H2,1-2H3,(H,25,28)(H,29,30,31)/b18-16+. The first-order chi connectivity index (χ1) is 15.2. The molecule has 8 heteroatoms. The zero-order chi connectivity index (χ0) is 24.2. The number of aliphatic hydroxyl groups excluding tert-OH is 2. The lowest BCUT2D eigenvalue weighted by atomic mass is 10.0. The number of hydrogen-bond acceptors (Lipinski definition) is 5. The van der Waals surface area contributed by atoms with Gasteiger partial charge in [0.1, 0.15) is 6.10 Å². The van der Waals surface area contributed by atoms with Crippen LogP contribution in [0, 0.1) is 0 Å². The second-order valence-electron chi connectivity index (χ2n) is 8.76. The predicted octanol–water partition coefficient (Wildman–Crippen LogP) is 4.53. The molecule has 0 saturated heterocycles. The Balaban J connectivity index is 4.43. The van der Waals surface area contributed by atoms with E-state index in [2.05, 4.69) is 19.2 Å². The summed E-state index contributed by atoms with van der Waals surface area (Å²) in [5.74, 6) is -1.54. The number of carbonyl (C=O) groups is 1. The van der Waals surface area contributed by atoms with Crippen LogP contribution in [0.15, 0.2) is 12.2 Å². The van der Waals surface area contributed by atoms with E-state index >= 15 is 0 Å². The first-order valence-corrected chi connectivity index (χ1v) is 14.1. The first kappa shape index (κ1) is 31.0. The summed E-state index contributed by atoms with van der Waals surface area (Å²) in [5, 5.41) is 22.8. The van der Waals surface area contributed by atoms with Crippen LogP contribution in [-0.2, 0) is 14.9 Å². The minimum absolute atomic E-state index is 0.281. The number of amides is 1. The highest BCUT2D eigenvalue weighted by atomic mass is 32.2. The largest absolute Gasteiger partial charge is 0.387 e. The van der Waals surface area contributed by atoms with Crippen molar-refractivity contribution < 1.29 is 28.0 Å². The van der Waals surface area contributed by atoms with Gasteiger partial charge in [-0.2, -0.15) is 8.42 Å². The number of unbranched alkanes of at least 4 members (excludes halogenated alkanes) is 12. The van der Waals surface area contributed by atoms with E-state index in [1.807, 2.05) is 0 Å². The fraction of sp³-hybridized carbons (Fsp3) is 0.875. The Morgan fingerprint density at radius 1 is 0.844 bits per heavy atom. The monoisotopic (exact) mass is 477 g/mol. The molecule has 190 valence electrons. The van der Waals surface area contributed by atoms with Gasteiger partial charge in [0.25, 0.3) is 10.1 Å². The molecule has 0 fully saturated rings. The number of nitrogens with one attached hydrogen (secondary N) is 1. The molecule has 32 heavy (non-hydrogen) atoms. The van der Waals surface area contributed by atoms with E-state index in [9.17, 15) is 28.0 Å². The Hall–Kier alpha value is -0.960. The van der Waals surface area contributed by atoms with Crippen molar-refractivity contribution in [3.05, 3.63) is 12.2 Å². The highest BCUT2D eigenvalue weighted by molar-refractivity contribution is 7.85. The molecule has 0 aliphatic rings. The number of rotatable bonds is 21. The van der Waals surface area contributed by atoms with Gasteiger partial charge in [0.15, 0.2) is 0 Å². The minimum Gasteiger partial charge on any atom is -0.387 e. The van der Waals surface area contributed by atoms with Crippen LogP contribution in [0.25, 0.3) is 0 Å². The quantitative estimate of drug-likeness (QED) is 0.109. The third-order valence-electron chi connectivity index (χ3n) is 5.57. The van der Waals surface area contributed by atoms with E-state index in [0.717, 1.165) is 51.4 Å². The summed E-state index contributed by atoms with van der Waals surface area (Å²) < 4.78 is 31.8. The molecule has 0 saturated carbocycles. The molecule has 0 aliphatic carbocycles. The van der Waals surface area contributed by atoms with Crippen LogP contribution in [0.2, 0.25) is 0 Å². The van der Waals surface area contributed by atoms with E-state index in [4.69, 9.17) is 0 Å². The van der Waals surface area contributed by atoms with Gasteiger partial charge in [0, 0.05) is 0 Å². The smallest absolute Gasteiger partial charge is 0.267 e. The van der Waals surface area contributed by atoms with Crippen molar-refractivity contribution in [1.82, 2.24) is 5.32 Å². The fourth-order valence-electron chi connectivity index (χ4n) is 3.57. The maximum atomic E-state index is 12.3. The lowest BCUT2D eigenvalue weighted by Gasteiger charge is -2.22. The zero-order valence-electron chi connectivity index (χ0n) is 20.2. The molecule has 0 aromatic carbocycles. The molecule has 7 nitrogen and oxygen atoms in total. The van der Waals surface area contributed by atoms with Crippen molar-refractivity contribution in [1.29, 1.82) is 0 Å². The van der Waals surface area contributed by atoms with Gasteiger partial charge in [-0.15, -0.1) is 0 Å². The molecule has 0 heterocycles. The van der Waals surface area contributed by atoms with Gasteiger partial charge in [-0.05, 0) is 19.3 Å². The number of allylic oxidation sites excluding steroid dienone is 1. The normalized spacial score (nSPS) is 15.0. The SMILES string of the molecule is CCCCCCC/C=C/C(O)C(CS(=O)(=O)O)NC(=O)C(O)CCCCCCCCCC. The van der Waals surface area contributed by atoms with Crippen molar-refractivity contribution in [3.8, 4) is 0 Å². The van der Waals surface area contributed by atoms with Gasteiger partial charge in [0.2, 0.25) is 5.91 Å². The molecule has 0 bridgehead atoms. The Kier molecular flexibility index (Phi) is 18.9. The molecule has 0 aliphatic heterocycles. The summed E-state index contributed by atoms with van der Waals surface area (Å²) in [5.41, 5.74) is 0. The van der Waals surface area contributed by atoms with Crippen molar-refractivity contribution in [2.75, 3.05) is 5.75 Å². The first-order valence-electron chi connectivity index (χ1n) is 12.5. The van der Waals surface area contributed by atoms with E-state index in [1.54, 1.807) is 6.08 Å². The Morgan fingerprint density at radius 2 is 1.34 bits per heavy atom. The molecule has 0 aromatic rings. The molecule has 3 atom stereocenters. The van der Waals surface area contributed by atoms with E-state index in [-0.39, 0.29) is 6.42 Å². The molecule has 4 N–H and O–H groups in total. The molecular weight excluding hydrogens is 430 g/mol. The Labute approximate surface area is 195 Å². The topological polar surface area (TPSA) is 124 Å². The summed E-state index contributed by atoms with van der Waals surface area (Å²) in [6.07, 6.45) is 16.0. The van der Waals surface area contributed by atoms with Gasteiger partial charge in [-0.3, -0.25) is 9.35 Å². The van der Waals surface area contributed by atoms with Gasteiger partial charge >= 0.3 is 0 Å². The Bertz CT molecular complexity index is 593. The van der Waals surface area contributed by atoms with Crippen molar-refractivity contribution in [3.63, 3.8) is 0 Å². The zero-order valence-corrected chi connectivity index (χ0v) is 21.0. The van der Waals surface area contributed by atoms with Crippen LogP contribution in [-0.4, -0.2) is 53.1 Å². The Morgan fingerprint density at radius 3 is 1.88 bits per heavy atom. The highest BCUT2D eigenvalue weighted by Crippen LogP contribution is 2.12. The van der Waals surface area contributed by atoms with E-state index in [0.29, 0.717) is 6.42 Å². The van der Waals surface area contributed by atoms with Crippen LogP contribution in [0.1, 0.15) is 110 Å². The van der Waals surface area contributed by atoms with Crippen molar-refractivity contribution in [2.45, 2.75) is 128 Å². The average Bonchev–Trinajstić information content (AvgIpc) is 2.73. The highest BCUT2D eigenvalue weighted by Gasteiger charge is 2.27. The van der Waals surface area contributed by atoms with E-state index in [1.165, 1.54) is 38.2 Å². The van der Waals surface area contributed by atoms with Crippen LogP contribution < -0.4 is 5.32 Å². The molecule has 1 amide bonds. The fourth-order valence-corrected chi connectivity index (χ4v) is 4.30. The maximum Gasteiger partial charge on any atom is 0.267 e. The second kappa shape index (κ2) is 19.5. The van der Waals surface area contributed by atoms with Gasteiger partial charge < -0.3 is 15.5 Å². The van der Waals surface area contributed by atoms with Gasteiger partial charge in [-0.25, -0.2) is 0 Å². The van der Waals surface area contributed by atoms with Crippen LogP contribution in [0.3, 0.4) is 0 Å². The molecule has 0 radical (unpaired) electrons. The molecule has 3 unspecified atom stereocenters. The summed E-state index contributed by atoms with van der Waals surface area (Å²) in [4.78, 5) is 12.3. The van der Waals surface area contributed by atoms with E-state index < -0.39 is 40.0 Å². The molecule has 0 rings (SSSR count). The number of hydrogen-bond donors (Lipinski definition) is 4. The third-order valence-corrected chi connectivity index (χ3v) is 6.35. The summed E-state index contributed by atoms with van der Waals surface area (Å²) >= 11 is 0. The van der Waals surface area contributed by atoms with Crippen molar-refractivity contribution in [2.24, 2.45) is 0 Å². The maximum absolute atomic E-state index is 12.3. The lowest BCUT2D eigenvalue weighted by Crippen LogP contribution is -2.50. The third kappa shape index (κ3) is 18.6. The summed E-state index contributed by atoms with van der Waals surface area (Å²) in [6, 6.07) is -1.22. The lowest BCUT2D eigenvalue weighted by molar-refractivity contribution is -0.130. The van der Waals surface area contributed by atoms with Crippen LogP contribution in [0.5, 0.6) is 0 Å². The predicted molar refractivity (Wildman–Crippen MR) is 130 cm³/mol. The average molecular weight is 478 g/mol. The van der Waals surface area contributed by atoms with Crippen LogP contribution >= 0.6 is 0 Å². The number of aliphatic hydroxyl groups is 2. The molecule has 0 spiro atoms. The van der Waals surface area contributed by atoms with Crippen LogP contribution in [0.4, 0.5) is 0 Å². The summed E-state index contributed by atoms with van der Waals surface area (Å²) in [6.45, 7) is 4.32.